The second-order valence-electron chi connectivity index (χ2n) is 7.01. The van der Waals surface area contributed by atoms with Gasteiger partial charge in [-0.15, -0.1) is 0 Å². The minimum atomic E-state index is -0.683. The van der Waals surface area contributed by atoms with Crippen LogP contribution in [0.5, 0.6) is 17.2 Å². The number of aromatic hydroxyl groups is 1. The van der Waals surface area contributed by atoms with E-state index in [2.05, 4.69) is 47.7 Å². The normalized spacial score (nSPS) is 11.3. The highest BCUT2D eigenvalue weighted by molar-refractivity contribution is 9.11. The van der Waals surface area contributed by atoms with Crippen molar-refractivity contribution in [3.8, 4) is 17.2 Å². The lowest BCUT2D eigenvalue weighted by molar-refractivity contribution is -0.117. The number of halogens is 2. The topological polar surface area (TPSA) is 109 Å². The molecule has 0 saturated carbocycles. The van der Waals surface area contributed by atoms with E-state index in [9.17, 15) is 14.7 Å². The first-order chi connectivity index (χ1) is 16.8. The molecule has 8 nitrogen and oxygen atoms in total. The monoisotopic (exact) mass is 601 g/mol. The molecule has 0 saturated heterocycles. The second-order valence-corrected chi connectivity index (χ2v) is 8.78. The van der Waals surface area contributed by atoms with E-state index in [1.165, 1.54) is 26.5 Å². The van der Waals surface area contributed by atoms with Gasteiger partial charge in [-0.2, -0.15) is 5.10 Å². The number of carbonyl (C=O) groups is 2. The predicted molar refractivity (Wildman–Crippen MR) is 141 cm³/mol. The molecule has 180 valence electrons. The zero-order valence-electron chi connectivity index (χ0n) is 18.7. The number of hydrogen-bond donors (Lipinski definition) is 3. The molecule has 3 N–H and O–H groups in total. The smallest absolute Gasteiger partial charge is 0.287 e. The molecular weight excluding hydrogens is 582 g/mol. The zero-order valence-corrected chi connectivity index (χ0v) is 21.9. The lowest BCUT2D eigenvalue weighted by Crippen LogP contribution is -2.32. The molecule has 2 amide bonds. The lowest BCUT2D eigenvalue weighted by atomic mass is 10.1. The van der Waals surface area contributed by atoms with Gasteiger partial charge in [0.15, 0.2) is 0 Å². The Hall–Kier alpha value is -3.63. The molecule has 0 spiro atoms. The molecule has 0 aliphatic rings. The number of benzene rings is 3. The number of nitrogens with one attached hydrogen (secondary N) is 2. The molecule has 35 heavy (non-hydrogen) atoms. The van der Waals surface area contributed by atoms with E-state index in [1.807, 2.05) is 0 Å². The fourth-order valence-corrected chi connectivity index (χ4v) is 4.20. The van der Waals surface area contributed by atoms with Crippen molar-refractivity contribution in [3.05, 3.63) is 92.0 Å². The first kappa shape index (κ1) is 26.0. The third kappa shape index (κ3) is 6.93. The summed E-state index contributed by atoms with van der Waals surface area (Å²) in [5, 5.41) is 16.7. The van der Waals surface area contributed by atoms with Crippen molar-refractivity contribution in [2.75, 3.05) is 14.2 Å². The fourth-order valence-electron chi connectivity index (χ4n) is 2.94. The van der Waals surface area contributed by atoms with Crippen LogP contribution in [0.4, 0.5) is 0 Å². The quantitative estimate of drug-likeness (QED) is 0.194. The van der Waals surface area contributed by atoms with Crippen molar-refractivity contribution in [2.24, 2.45) is 5.10 Å². The van der Waals surface area contributed by atoms with Crippen LogP contribution >= 0.6 is 31.9 Å². The summed E-state index contributed by atoms with van der Waals surface area (Å²) in [5.41, 5.74) is 3.57. The van der Waals surface area contributed by atoms with Gasteiger partial charge in [0.05, 0.1) is 24.9 Å². The predicted octanol–water partition coefficient (Wildman–Crippen LogP) is 4.86. The molecule has 0 heterocycles. The molecule has 10 heteroatoms. The van der Waals surface area contributed by atoms with Crippen LogP contribution in [-0.2, 0) is 4.79 Å². The van der Waals surface area contributed by atoms with E-state index >= 15 is 0 Å². The van der Waals surface area contributed by atoms with Crippen molar-refractivity contribution < 1.29 is 24.2 Å². The molecule has 0 unspecified atom stereocenters. The van der Waals surface area contributed by atoms with Gasteiger partial charge in [-0.3, -0.25) is 9.59 Å². The zero-order chi connectivity index (χ0) is 25.4. The van der Waals surface area contributed by atoms with Gasteiger partial charge in [0.2, 0.25) is 0 Å². The van der Waals surface area contributed by atoms with Crippen molar-refractivity contribution in [1.82, 2.24) is 10.7 Å². The number of nitrogens with zero attached hydrogens (tertiary/aromatic N) is 1. The average molecular weight is 603 g/mol. The summed E-state index contributed by atoms with van der Waals surface area (Å²) in [5.74, 6) is -0.185. The van der Waals surface area contributed by atoms with Gasteiger partial charge in [0.1, 0.15) is 22.9 Å². The van der Waals surface area contributed by atoms with Crippen molar-refractivity contribution >= 4 is 56.0 Å². The average Bonchev–Trinajstić information content (AvgIpc) is 2.86. The molecule has 0 atom stereocenters. The molecule has 0 aliphatic heterocycles. The maximum atomic E-state index is 13.0. The van der Waals surface area contributed by atoms with Crippen LogP contribution < -0.4 is 20.2 Å². The van der Waals surface area contributed by atoms with Crippen LogP contribution in [0.25, 0.3) is 6.08 Å². The fraction of sp³-hybridized carbons (Fsp3) is 0.0800. The number of rotatable bonds is 8. The Bertz CT molecular complexity index is 1290. The number of phenolic OH excluding ortho intramolecular Hbond substituents is 1. The lowest BCUT2D eigenvalue weighted by Gasteiger charge is -2.12. The van der Waals surface area contributed by atoms with Gasteiger partial charge < -0.3 is 19.9 Å². The maximum Gasteiger partial charge on any atom is 0.287 e. The number of amides is 2. The molecule has 0 fully saturated rings. The summed E-state index contributed by atoms with van der Waals surface area (Å²) in [6, 6.07) is 16.8. The third-order valence-electron chi connectivity index (χ3n) is 4.70. The summed E-state index contributed by atoms with van der Waals surface area (Å²) in [4.78, 5) is 25.7. The molecule has 0 aromatic heterocycles. The van der Waals surface area contributed by atoms with Crippen LogP contribution in [0.15, 0.2) is 80.4 Å². The molecular formula is C25H21Br2N3O5. The first-order valence-electron chi connectivity index (χ1n) is 10.1. The van der Waals surface area contributed by atoms with E-state index < -0.39 is 11.8 Å². The number of phenols is 1. The minimum Gasteiger partial charge on any atom is -0.506 e. The SMILES string of the molecule is COc1ccc(C=C(NC(=O)c2ccccc2)C(=O)N/N=C/c2cc(Br)cc(Br)c2O)c(OC)c1. The minimum absolute atomic E-state index is 0.0395. The highest BCUT2D eigenvalue weighted by atomic mass is 79.9. The second kappa shape index (κ2) is 12.2. The van der Waals surface area contributed by atoms with Gasteiger partial charge in [0, 0.05) is 27.2 Å². The van der Waals surface area contributed by atoms with Crippen LogP contribution in [0, 0.1) is 0 Å². The Labute approximate surface area is 218 Å². The summed E-state index contributed by atoms with van der Waals surface area (Å²) >= 11 is 6.58. The molecule has 3 aromatic carbocycles. The van der Waals surface area contributed by atoms with E-state index in [0.717, 1.165) is 0 Å². The molecule has 0 aliphatic carbocycles. The van der Waals surface area contributed by atoms with Gasteiger partial charge >= 0.3 is 0 Å². The van der Waals surface area contributed by atoms with Crippen molar-refractivity contribution in [2.45, 2.75) is 0 Å². The van der Waals surface area contributed by atoms with Gasteiger partial charge in [-0.1, -0.05) is 34.1 Å². The standard InChI is InChI=1S/C25H21Br2N3O5/c1-34-19-9-8-16(22(13-19)35-2)11-21(29-24(32)15-6-4-3-5-7-15)25(33)30-28-14-17-10-18(26)12-20(27)23(17)31/h3-14,31H,1-2H3,(H,29,32)(H,30,33)/b21-11?,28-14+. The summed E-state index contributed by atoms with van der Waals surface area (Å²) in [6.07, 6.45) is 2.75. The van der Waals surface area contributed by atoms with Gasteiger partial charge in [-0.25, -0.2) is 5.43 Å². The van der Waals surface area contributed by atoms with Crippen LogP contribution in [0.1, 0.15) is 21.5 Å². The highest BCUT2D eigenvalue weighted by Gasteiger charge is 2.16. The van der Waals surface area contributed by atoms with E-state index in [-0.39, 0.29) is 11.4 Å². The Kier molecular flexibility index (Phi) is 9.04. The van der Waals surface area contributed by atoms with Crippen LogP contribution in [0.2, 0.25) is 0 Å². The van der Waals surface area contributed by atoms with Gasteiger partial charge in [-0.05, 0) is 58.4 Å². The number of methoxy groups -OCH3 is 2. The van der Waals surface area contributed by atoms with Crippen molar-refractivity contribution in [1.29, 1.82) is 0 Å². The third-order valence-corrected chi connectivity index (χ3v) is 5.76. The maximum absolute atomic E-state index is 13.0. The summed E-state index contributed by atoms with van der Waals surface area (Å²) in [6.45, 7) is 0. The number of hydrogen-bond acceptors (Lipinski definition) is 6. The highest BCUT2D eigenvalue weighted by Crippen LogP contribution is 2.30. The number of hydrazone groups is 1. The first-order valence-corrected chi connectivity index (χ1v) is 11.7. The van der Waals surface area contributed by atoms with E-state index in [1.54, 1.807) is 60.7 Å². The van der Waals surface area contributed by atoms with Crippen molar-refractivity contribution in [3.63, 3.8) is 0 Å². The number of ether oxygens (including phenoxy) is 2. The molecule has 3 rings (SSSR count). The number of carbonyl (C=O) groups excluding carboxylic acids is 2. The van der Waals surface area contributed by atoms with Crippen LogP contribution in [0.3, 0.4) is 0 Å². The summed E-state index contributed by atoms with van der Waals surface area (Å²) in [7, 11) is 3.02. The molecule has 0 bridgehead atoms. The van der Waals surface area contributed by atoms with E-state index in [0.29, 0.717) is 37.1 Å². The van der Waals surface area contributed by atoms with Gasteiger partial charge in [0.25, 0.3) is 11.8 Å². The Balaban J connectivity index is 1.91. The Morgan fingerprint density at radius 1 is 0.971 bits per heavy atom. The van der Waals surface area contributed by atoms with Crippen LogP contribution in [-0.4, -0.2) is 37.4 Å². The Morgan fingerprint density at radius 3 is 2.40 bits per heavy atom. The van der Waals surface area contributed by atoms with E-state index in [4.69, 9.17) is 9.47 Å². The summed E-state index contributed by atoms with van der Waals surface area (Å²) < 4.78 is 11.8. The largest absolute Gasteiger partial charge is 0.506 e. The Morgan fingerprint density at radius 2 is 1.71 bits per heavy atom. The molecule has 3 aromatic rings. The molecule has 0 radical (unpaired) electrons.